The molecule has 2 aliphatic rings. The maximum absolute atomic E-state index is 12.7. The third kappa shape index (κ3) is 3.09. The lowest BCUT2D eigenvalue weighted by atomic mass is 9.81. The number of carbonyl (C=O) groups is 2. The molecule has 1 aliphatic heterocycles. The Morgan fingerprint density at radius 1 is 1.00 bits per heavy atom. The molecule has 2 heterocycles. The molecule has 0 bridgehead atoms. The average molecular weight is 350 g/mol. The monoisotopic (exact) mass is 350 g/mol. The summed E-state index contributed by atoms with van der Waals surface area (Å²) in [6.45, 7) is 1.36. The maximum atomic E-state index is 12.7. The quantitative estimate of drug-likeness (QED) is 0.905. The molecule has 0 radical (unpaired) electrons. The van der Waals surface area contributed by atoms with Crippen molar-refractivity contribution in [1.82, 2.24) is 9.88 Å². The van der Waals surface area contributed by atoms with E-state index in [0.29, 0.717) is 37.2 Å². The highest BCUT2D eigenvalue weighted by Gasteiger charge is 2.30. The predicted octanol–water partition coefficient (Wildman–Crippen LogP) is 2.91. The Labute approximate surface area is 152 Å². The number of pyridine rings is 1. The van der Waals surface area contributed by atoms with Gasteiger partial charge in [-0.1, -0.05) is 30.3 Å². The summed E-state index contributed by atoms with van der Waals surface area (Å²) in [6.07, 6.45) is 4.06. The first-order valence-corrected chi connectivity index (χ1v) is 9.27. The lowest BCUT2D eigenvalue weighted by Crippen LogP contribution is -2.39. The fourth-order valence-electron chi connectivity index (χ4n) is 4.02. The van der Waals surface area contributed by atoms with E-state index in [1.807, 2.05) is 30.3 Å². The van der Waals surface area contributed by atoms with E-state index in [2.05, 4.69) is 4.98 Å². The van der Waals surface area contributed by atoms with Crippen LogP contribution in [0.1, 0.15) is 63.6 Å². The van der Waals surface area contributed by atoms with Crippen LogP contribution in [-0.4, -0.2) is 34.7 Å². The number of ketones is 1. The van der Waals surface area contributed by atoms with Crippen LogP contribution in [-0.2, 0) is 6.42 Å². The van der Waals surface area contributed by atoms with Crippen LogP contribution in [0.4, 0.5) is 0 Å². The van der Waals surface area contributed by atoms with E-state index in [1.54, 1.807) is 4.90 Å². The molecule has 1 aliphatic carbocycles. The van der Waals surface area contributed by atoms with Gasteiger partial charge in [0.05, 0.1) is 0 Å². The number of hydrogen-bond acceptors (Lipinski definition) is 3. The second-order valence-corrected chi connectivity index (χ2v) is 7.20. The third-order valence-electron chi connectivity index (χ3n) is 5.45. The van der Waals surface area contributed by atoms with Crippen LogP contribution in [0.3, 0.4) is 0 Å². The van der Waals surface area contributed by atoms with Gasteiger partial charge in [0.15, 0.2) is 5.78 Å². The molecular formula is C21H22N2O3. The highest BCUT2D eigenvalue weighted by molar-refractivity contribution is 6.02. The molecule has 1 aromatic carbocycles. The van der Waals surface area contributed by atoms with Crippen LogP contribution >= 0.6 is 0 Å². The Bertz CT molecular complexity index is 895. The van der Waals surface area contributed by atoms with Crippen LogP contribution in [0.5, 0.6) is 0 Å². The fraction of sp³-hybridized carbons (Fsp3) is 0.381. The van der Waals surface area contributed by atoms with E-state index in [9.17, 15) is 14.4 Å². The highest BCUT2D eigenvalue weighted by Crippen LogP contribution is 2.31. The Morgan fingerprint density at radius 2 is 1.73 bits per heavy atom. The molecule has 1 unspecified atom stereocenters. The number of H-pyrrole nitrogens is 1. The number of aromatic nitrogens is 1. The maximum Gasteiger partial charge on any atom is 0.261 e. The lowest BCUT2D eigenvalue weighted by molar-refractivity contribution is 0.0722. The van der Waals surface area contributed by atoms with Crippen LogP contribution < -0.4 is 5.56 Å². The van der Waals surface area contributed by atoms with E-state index < -0.39 is 0 Å². The van der Waals surface area contributed by atoms with Crippen molar-refractivity contribution < 1.29 is 9.59 Å². The molecule has 134 valence electrons. The topological polar surface area (TPSA) is 70.2 Å². The van der Waals surface area contributed by atoms with Gasteiger partial charge in [-0.15, -0.1) is 0 Å². The first-order chi connectivity index (χ1) is 12.6. The minimum Gasteiger partial charge on any atom is -0.338 e. The molecular weight excluding hydrogens is 328 g/mol. The molecule has 0 spiro atoms. The van der Waals surface area contributed by atoms with Gasteiger partial charge in [-0.2, -0.15) is 0 Å². The lowest BCUT2D eigenvalue weighted by Gasteiger charge is -2.27. The molecule has 1 atom stereocenters. The normalized spacial score (nSPS) is 19.9. The van der Waals surface area contributed by atoms with Gasteiger partial charge in [-0.25, -0.2) is 0 Å². The van der Waals surface area contributed by atoms with Crippen molar-refractivity contribution in [2.45, 2.75) is 38.0 Å². The highest BCUT2D eigenvalue weighted by atomic mass is 16.2. The number of hydrogen-bond donors (Lipinski definition) is 1. The Morgan fingerprint density at radius 3 is 2.46 bits per heavy atom. The van der Waals surface area contributed by atoms with Crippen molar-refractivity contribution >= 4 is 11.7 Å². The Hall–Kier alpha value is -2.69. The molecule has 1 amide bonds. The molecule has 4 rings (SSSR count). The molecule has 5 nitrogen and oxygen atoms in total. The van der Waals surface area contributed by atoms with E-state index in [0.717, 1.165) is 24.8 Å². The predicted molar refractivity (Wildman–Crippen MR) is 98.7 cm³/mol. The van der Waals surface area contributed by atoms with E-state index >= 15 is 0 Å². The smallest absolute Gasteiger partial charge is 0.261 e. The van der Waals surface area contributed by atoms with Gasteiger partial charge in [0, 0.05) is 30.8 Å². The number of amides is 1. The molecule has 1 saturated heterocycles. The van der Waals surface area contributed by atoms with Crippen LogP contribution in [0.15, 0.2) is 41.2 Å². The molecule has 1 N–H and O–H groups in total. The minimum absolute atomic E-state index is 0.0101. The molecule has 1 fully saturated rings. The zero-order valence-corrected chi connectivity index (χ0v) is 14.7. The number of nitrogens with one attached hydrogen (secondary N) is 1. The second kappa shape index (κ2) is 6.90. The van der Waals surface area contributed by atoms with Gasteiger partial charge in [-0.05, 0) is 43.2 Å². The standard InChI is InChI=1S/C21H22N2O3/c24-19-12-15(14-7-3-1-4-8-14)11-18-16(19)13-17(20(25)22-18)21(26)23-9-5-2-6-10-23/h1,3-4,7-8,13,15H,2,5-6,9-12H2,(H,22,25). The average Bonchev–Trinajstić information content (AvgIpc) is 2.68. The number of likely N-dealkylation sites (tertiary alicyclic amines) is 1. The molecule has 0 saturated carbocycles. The van der Waals surface area contributed by atoms with Gasteiger partial charge in [0.2, 0.25) is 0 Å². The van der Waals surface area contributed by atoms with Crippen molar-refractivity contribution in [2.75, 3.05) is 13.1 Å². The number of aromatic amines is 1. The summed E-state index contributed by atoms with van der Waals surface area (Å²) in [5.74, 6) is -0.203. The summed E-state index contributed by atoms with van der Waals surface area (Å²) in [5.41, 5.74) is 1.95. The molecule has 26 heavy (non-hydrogen) atoms. The number of carbonyl (C=O) groups excluding carboxylic acids is 2. The van der Waals surface area contributed by atoms with Crippen LogP contribution in [0.25, 0.3) is 0 Å². The van der Waals surface area contributed by atoms with Crippen molar-refractivity contribution in [2.24, 2.45) is 0 Å². The first-order valence-electron chi connectivity index (χ1n) is 9.27. The number of nitrogens with zero attached hydrogens (tertiary/aromatic N) is 1. The van der Waals surface area contributed by atoms with Gasteiger partial charge >= 0.3 is 0 Å². The van der Waals surface area contributed by atoms with Gasteiger partial charge in [0.25, 0.3) is 11.5 Å². The van der Waals surface area contributed by atoms with Crippen molar-refractivity contribution in [3.05, 3.63) is 69.1 Å². The Kier molecular flexibility index (Phi) is 4.45. The molecule has 1 aromatic heterocycles. The first kappa shape index (κ1) is 16.8. The largest absolute Gasteiger partial charge is 0.338 e. The van der Waals surface area contributed by atoms with Crippen LogP contribution in [0.2, 0.25) is 0 Å². The summed E-state index contributed by atoms with van der Waals surface area (Å²) >= 11 is 0. The number of benzene rings is 1. The second-order valence-electron chi connectivity index (χ2n) is 7.20. The van der Waals surface area contributed by atoms with Crippen LogP contribution in [0, 0.1) is 0 Å². The Balaban J connectivity index is 1.65. The van der Waals surface area contributed by atoms with Gasteiger partial charge < -0.3 is 9.88 Å². The van der Waals surface area contributed by atoms with Gasteiger partial charge in [-0.3, -0.25) is 14.4 Å². The minimum atomic E-state index is -0.388. The summed E-state index contributed by atoms with van der Waals surface area (Å²) in [7, 11) is 0. The summed E-state index contributed by atoms with van der Waals surface area (Å²) in [6, 6.07) is 11.4. The number of rotatable bonds is 2. The summed E-state index contributed by atoms with van der Waals surface area (Å²) < 4.78 is 0. The van der Waals surface area contributed by atoms with E-state index in [-0.39, 0.29) is 28.7 Å². The van der Waals surface area contributed by atoms with E-state index in [1.165, 1.54) is 6.07 Å². The van der Waals surface area contributed by atoms with Gasteiger partial charge in [0.1, 0.15) is 5.56 Å². The van der Waals surface area contributed by atoms with E-state index in [4.69, 9.17) is 0 Å². The third-order valence-corrected chi connectivity index (χ3v) is 5.45. The van der Waals surface area contributed by atoms with Crippen molar-refractivity contribution in [3.63, 3.8) is 0 Å². The number of Topliss-reactive ketones (excluding diaryl/α,β-unsaturated/α-hetero) is 1. The van der Waals surface area contributed by atoms with Crippen molar-refractivity contribution in [1.29, 1.82) is 0 Å². The zero-order chi connectivity index (χ0) is 18.1. The summed E-state index contributed by atoms with van der Waals surface area (Å²) in [5, 5.41) is 0. The van der Waals surface area contributed by atoms with Crippen molar-refractivity contribution in [3.8, 4) is 0 Å². The number of piperidine rings is 1. The zero-order valence-electron chi connectivity index (χ0n) is 14.7. The molecule has 2 aromatic rings. The SMILES string of the molecule is O=C1CC(c2ccccc2)Cc2[nH]c(=O)c(C(=O)N3CCCCC3)cc21. The number of fused-ring (bicyclic) bond motifs is 1. The molecule has 5 heteroatoms. The fourth-order valence-corrected chi connectivity index (χ4v) is 4.02. The summed E-state index contributed by atoms with van der Waals surface area (Å²) in [4.78, 5) is 42.4.